The molecule has 35 valence electrons. The molecule has 0 aromatic rings. The average molecular weight is 101 g/mol. The first-order valence-corrected chi connectivity index (χ1v) is 2.68. The molecule has 0 aliphatic carbocycles. The SMILES string of the molecule is CC=CCC[S]. The highest BCUT2D eigenvalue weighted by atomic mass is 32.1. The molecule has 6 heavy (non-hydrogen) atoms. The van der Waals surface area contributed by atoms with E-state index in [-0.39, 0.29) is 0 Å². The molecular weight excluding hydrogens is 92.1 g/mol. The molecular formula is C5H9S. The molecule has 0 nitrogen and oxygen atoms in total. The van der Waals surface area contributed by atoms with Crippen LogP contribution in [0.3, 0.4) is 0 Å². The molecule has 0 aliphatic heterocycles. The smallest absolute Gasteiger partial charge is 0.00715 e. The molecule has 0 aliphatic rings. The Kier molecular flexibility index (Phi) is 5.17. The van der Waals surface area contributed by atoms with Crippen LogP contribution >= 0.6 is 12.6 Å². The minimum absolute atomic E-state index is 0.852. The molecule has 1 heteroatoms. The van der Waals surface area contributed by atoms with Crippen molar-refractivity contribution in [3.05, 3.63) is 12.2 Å². The van der Waals surface area contributed by atoms with Crippen molar-refractivity contribution in [2.75, 3.05) is 5.75 Å². The van der Waals surface area contributed by atoms with E-state index in [1.807, 2.05) is 13.0 Å². The van der Waals surface area contributed by atoms with Crippen LogP contribution in [-0.2, 0) is 0 Å². The van der Waals surface area contributed by atoms with E-state index < -0.39 is 0 Å². The van der Waals surface area contributed by atoms with Gasteiger partial charge in [-0.3, -0.25) is 0 Å². The van der Waals surface area contributed by atoms with E-state index in [9.17, 15) is 0 Å². The Hall–Kier alpha value is 0.0900. The zero-order valence-corrected chi connectivity index (χ0v) is 4.79. The van der Waals surface area contributed by atoms with Crippen molar-refractivity contribution >= 4 is 12.6 Å². The van der Waals surface area contributed by atoms with Gasteiger partial charge in [-0.25, -0.2) is 0 Å². The van der Waals surface area contributed by atoms with Gasteiger partial charge in [0.2, 0.25) is 0 Å². The summed E-state index contributed by atoms with van der Waals surface area (Å²) >= 11 is 4.67. The lowest BCUT2D eigenvalue weighted by molar-refractivity contribution is 1.25. The summed E-state index contributed by atoms with van der Waals surface area (Å²) in [6, 6.07) is 0. The molecule has 0 spiro atoms. The Bertz CT molecular complexity index is 39.2. The summed E-state index contributed by atoms with van der Waals surface area (Å²) < 4.78 is 0. The molecule has 0 rings (SSSR count). The molecule has 0 aromatic heterocycles. The lowest BCUT2D eigenvalue weighted by Crippen LogP contribution is -1.62. The van der Waals surface area contributed by atoms with E-state index >= 15 is 0 Å². The van der Waals surface area contributed by atoms with Crippen molar-refractivity contribution in [2.24, 2.45) is 0 Å². The van der Waals surface area contributed by atoms with Crippen LogP contribution in [0.25, 0.3) is 0 Å². The fourth-order valence-electron chi connectivity index (χ4n) is 0.235. The van der Waals surface area contributed by atoms with E-state index in [2.05, 4.69) is 18.7 Å². The Morgan fingerprint density at radius 2 is 2.33 bits per heavy atom. The van der Waals surface area contributed by atoms with Crippen molar-refractivity contribution in [1.29, 1.82) is 0 Å². The van der Waals surface area contributed by atoms with Gasteiger partial charge in [0.25, 0.3) is 0 Å². The average Bonchev–Trinajstić information content (AvgIpc) is 1.61. The van der Waals surface area contributed by atoms with Crippen LogP contribution in [0, 0.1) is 0 Å². The predicted molar refractivity (Wildman–Crippen MR) is 31.9 cm³/mol. The maximum atomic E-state index is 4.67. The van der Waals surface area contributed by atoms with Gasteiger partial charge in [0, 0.05) is 5.75 Å². The van der Waals surface area contributed by atoms with E-state index in [4.69, 9.17) is 0 Å². The van der Waals surface area contributed by atoms with Gasteiger partial charge in [-0.15, -0.1) is 0 Å². The monoisotopic (exact) mass is 101 g/mol. The maximum Gasteiger partial charge on any atom is 0.00715 e. The van der Waals surface area contributed by atoms with Gasteiger partial charge in [0.15, 0.2) is 0 Å². The van der Waals surface area contributed by atoms with Crippen LogP contribution in [0.4, 0.5) is 0 Å². The summed E-state index contributed by atoms with van der Waals surface area (Å²) in [7, 11) is 0. The molecule has 0 unspecified atom stereocenters. The Balaban J connectivity index is 2.66. The van der Waals surface area contributed by atoms with Crippen molar-refractivity contribution in [3.8, 4) is 0 Å². The number of hydrogen-bond donors (Lipinski definition) is 0. The molecule has 0 N–H and O–H groups in total. The highest BCUT2D eigenvalue weighted by Gasteiger charge is 1.66. The second kappa shape index (κ2) is 5.09. The summed E-state index contributed by atoms with van der Waals surface area (Å²) in [5.74, 6) is 0.852. The quantitative estimate of drug-likeness (QED) is 0.467. The first kappa shape index (κ1) is 6.09. The minimum atomic E-state index is 0.852. The molecule has 0 amide bonds. The zero-order chi connectivity index (χ0) is 4.83. The van der Waals surface area contributed by atoms with E-state index in [1.165, 1.54) is 0 Å². The first-order chi connectivity index (χ1) is 2.91. The second-order valence-electron chi connectivity index (χ2n) is 1.06. The summed E-state index contributed by atoms with van der Waals surface area (Å²) in [6.45, 7) is 2.00. The Morgan fingerprint density at radius 3 is 2.50 bits per heavy atom. The van der Waals surface area contributed by atoms with Crippen molar-refractivity contribution in [3.63, 3.8) is 0 Å². The summed E-state index contributed by atoms with van der Waals surface area (Å²) in [6.07, 6.45) is 5.14. The highest BCUT2D eigenvalue weighted by molar-refractivity contribution is 7.80. The van der Waals surface area contributed by atoms with Crippen molar-refractivity contribution in [1.82, 2.24) is 0 Å². The lowest BCUT2D eigenvalue weighted by atomic mass is 10.4. The van der Waals surface area contributed by atoms with Gasteiger partial charge in [0.1, 0.15) is 0 Å². The summed E-state index contributed by atoms with van der Waals surface area (Å²) in [5.41, 5.74) is 0. The second-order valence-corrected chi connectivity index (χ2v) is 1.47. The number of rotatable bonds is 2. The summed E-state index contributed by atoms with van der Waals surface area (Å²) in [5, 5.41) is 0. The molecule has 0 saturated carbocycles. The van der Waals surface area contributed by atoms with Crippen LogP contribution in [-0.4, -0.2) is 5.75 Å². The van der Waals surface area contributed by atoms with Crippen LogP contribution in [0.1, 0.15) is 13.3 Å². The van der Waals surface area contributed by atoms with Crippen LogP contribution in [0.5, 0.6) is 0 Å². The van der Waals surface area contributed by atoms with Crippen LogP contribution in [0.15, 0.2) is 12.2 Å². The van der Waals surface area contributed by atoms with Crippen LogP contribution < -0.4 is 0 Å². The first-order valence-electron chi connectivity index (χ1n) is 2.11. The molecule has 0 bridgehead atoms. The van der Waals surface area contributed by atoms with E-state index in [0.717, 1.165) is 12.2 Å². The minimum Gasteiger partial charge on any atom is -0.0938 e. The fourth-order valence-corrected chi connectivity index (χ4v) is 0.371. The van der Waals surface area contributed by atoms with Gasteiger partial charge in [-0.1, -0.05) is 24.8 Å². The van der Waals surface area contributed by atoms with E-state index in [0.29, 0.717) is 0 Å². The molecule has 1 radical (unpaired) electrons. The fraction of sp³-hybridized carbons (Fsp3) is 0.600. The van der Waals surface area contributed by atoms with Gasteiger partial charge < -0.3 is 0 Å². The maximum absolute atomic E-state index is 4.67. The largest absolute Gasteiger partial charge is 0.0938 e. The van der Waals surface area contributed by atoms with Gasteiger partial charge in [-0.05, 0) is 13.3 Å². The highest BCUT2D eigenvalue weighted by Crippen LogP contribution is 1.83. The zero-order valence-electron chi connectivity index (χ0n) is 3.98. The number of allylic oxidation sites excluding steroid dienone is 2. The third-order valence-electron chi connectivity index (χ3n) is 0.520. The summed E-state index contributed by atoms with van der Waals surface area (Å²) in [4.78, 5) is 0. The predicted octanol–water partition coefficient (Wildman–Crippen LogP) is 2.15. The van der Waals surface area contributed by atoms with E-state index in [1.54, 1.807) is 0 Å². The van der Waals surface area contributed by atoms with Gasteiger partial charge >= 0.3 is 0 Å². The van der Waals surface area contributed by atoms with Crippen LogP contribution in [0.2, 0.25) is 0 Å². The normalized spacial score (nSPS) is 10.3. The standard InChI is InChI=1S/C5H9S/c1-2-3-4-5-6/h2-3H,4-5H2,1H3. The lowest BCUT2D eigenvalue weighted by Gasteiger charge is -1.74. The Morgan fingerprint density at radius 1 is 1.67 bits per heavy atom. The molecule has 0 saturated heterocycles. The van der Waals surface area contributed by atoms with Gasteiger partial charge in [-0.2, -0.15) is 0 Å². The molecule has 0 fully saturated rings. The topological polar surface area (TPSA) is 0 Å². The van der Waals surface area contributed by atoms with Crippen molar-refractivity contribution < 1.29 is 0 Å². The number of hydrogen-bond acceptors (Lipinski definition) is 0. The third kappa shape index (κ3) is 4.09. The van der Waals surface area contributed by atoms with Crippen molar-refractivity contribution in [2.45, 2.75) is 13.3 Å². The van der Waals surface area contributed by atoms with Gasteiger partial charge in [0.05, 0.1) is 0 Å². The molecule has 0 aromatic carbocycles. The Labute approximate surface area is 44.7 Å². The molecule has 0 heterocycles. The molecule has 0 atom stereocenters. The third-order valence-corrected chi connectivity index (χ3v) is 0.756.